The zero-order chi connectivity index (χ0) is 18.5. The molecule has 26 heavy (non-hydrogen) atoms. The lowest BCUT2D eigenvalue weighted by atomic mass is 9.98. The van der Waals surface area contributed by atoms with E-state index in [1.54, 1.807) is 0 Å². The molecule has 0 saturated carbocycles. The van der Waals surface area contributed by atoms with Crippen LogP contribution in [0.15, 0.2) is 54.6 Å². The minimum atomic E-state index is -0.114. The zero-order valence-corrected chi connectivity index (χ0v) is 16.0. The maximum Gasteiger partial charge on any atom is 0.255 e. The second-order valence-corrected chi connectivity index (χ2v) is 7.35. The Morgan fingerprint density at radius 1 is 0.962 bits per heavy atom. The van der Waals surface area contributed by atoms with Gasteiger partial charge in [-0.3, -0.25) is 4.79 Å². The van der Waals surface area contributed by atoms with E-state index in [1.807, 2.05) is 30.3 Å². The second kappa shape index (κ2) is 8.19. The van der Waals surface area contributed by atoms with Gasteiger partial charge in [0.25, 0.3) is 5.91 Å². The molecule has 0 radical (unpaired) electrons. The topological polar surface area (TPSA) is 55.1 Å². The number of hydrogen-bond acceptors (Lipinski definition) is 3. The van der Waals surface area contributed by atoms with Gasteiger partial charge in [-0.25, -0.2) is 0 Å². The predicted octanol–water partition coefficient (Wildman–Crippen LogP) is 5.05. The molecule has 1 heterocycles. The minimum absolute atomic E-state index is 0.114. The van der Waals surface area contributed by atoms with Gasteiger partial charge in [0.1, 0.15) is 0 Å². The van der Waals surface area contributed by atoms with Gasteiger partial charge in [-0.15, -0.1) is 11.3 Å². The van der Waals surface area contributed by atoms with Gasteiger partial charge < -0.3 is 11.1 Å². The maximum atomic E-state index is 12.9. The van der Waals surface area contributed by atoms with E-state index < -0.39 is 0 Å². The molecule has 3 rings (SSSR count). The summed E-state index contributed by atoms with van der Waals surface area (Å²) in [6, 6.07) is 18.3. The normalized spacial score (nSPS) is 10.7. The number of anilines is 1. The van der Waals surface area contributed by atoms with Crippen LogP contribution in [0.25, 0.3) is 11.1 Å². The van der Waals surface area contributed by atoms with Crippen molar-refractivity contribution in [3.63, 3.8) is 0 Å². The summed E-state index contributed by atoms with van der Waals surface area (Å²) < 4.78 is 0. The van der Waals surface area contributed by atoms with Crippen molar-refractivity contribution in [2.45, 2.75) is 33.2 Å². The van der Waals surface area contributed by atoms with Crippen molar-refractivity contribution in [2.24, 2.45) is 0 Å². The van der Waals surface area contributed by atoms with Crippen LogP contribution in [0.1, 0.15) is 40.2 Å². The number of amides is 1. The second-order valence-electron chi connectivity index (χ2n) is 6.21. The maximum absolute atomic E-state index is 12.9. The largest absolute Gasteiger partial charge is 0.390 e. The fraction of sp³-hybridized carbons (Fsp3) is 0.227. The quantitative estimate of drug-likeness (QED) is 0.643. The highest BCUT2D eigenvalue weighted by molar-refractivity contribution is 7.17. The van der Waals surface area contributed by atoms with Crippen LogP contribution in [0.5, 0.6) is 0 Å². The summed E-state index contributed by atoms with van der Waals surface area (Å²) in [5, 5.41) is 3.60. The van der Waals surface area contributed by atoms with Gasteiger partial charge in [0, 0.05) is 17.0 Å². The Morgan fingerprint density at radius 2 is 1.65 bits per heavy atom. The SMILES string of the molecule is CCc1ccc(-c2c(CC)sc(N)c2C(=O)NCc2ccccc2)cc1. The van der Waals surface area contributed by atoms with Gasteiger partial charge in [0.15, 0.2) is 0 Å². The molecule has 0 unspecified atom stereocenters. The molecule has 0 aliphatic rings. The molecule has 1 aromatic heterocycles. The minimum Gasteiger partial charge on any atom is -0.390 e. The van der Waals surface area contributed by atoms with Crippen LogP contribution in [0.3, 0.4) is 0 Å². The van der Waals surface area contributed by atoms with E-state index in [4.69, 9.17) is 5.73 Å². The van der Waals surface area contributed by atoms with E-state index in [1.165, 1.54) is 16.9 Å². The molecule has 3 N–H and O–H groups in total. The molecule has 0 aliphatic carbocycles. The Bertz CT molecular complexity index is 883. The van der Waals surface area contributed by atoms with Crippen LogP contribution < -0.4 is 11.1 Å². The van der Waals surface area contributed by atoms with E-state index >= 15 is 0 Å². The van der Waals surface area contributed by atoms with E-state index in [-0.39, 0.29) is 5.91 Å². The van der Waals surface area contributed by atoms with Crippen LogP contribution in [-0.2, 0) is 19.4 Å². The van der Waals surface area contributed by atoms with Gasteiger partial charge in [-0.05, 0) is 29.5 Å². The van der Waals surface area contributed by atoms with Gasteiger partial charge in [-0.1, -0.05) is 68.4 Å². The molecule has 2 aromatic carbocycles. The van der Waals surface area contributed by atoms with Gasteiger partial charge >= 0.3 is 0 Å². The highest BCUT2D eigenvalue weighted by Crippen LogP contribution is 2.39. The van der Waals surface area contributed by atoms with E-state index in [0.717, 1.165) is 34.4 Å². The number of nitrogens with one attached hydrogen (secondary N) is 1. The first-order chi connectivity index (χ1) is 12.6. The number of nitrogen functional groups attached to an aromatic ring is 1. The highest BCUT2D eigenvalue weighted by Gasteiger charge is 2.22. The average Bonchev–Trinajstić information content (AvgIpc) is 3.03. The van der Waals surface area contributed by atoms with Crippen molar-refractivity contribution in [3.8, 4) is 11.1 Å². The number of rotatable bonds is 6. The molecular weight excluding hydrogens is 340 g/mol. The van der Waals surface area contributed by atoms with E-state index in [9.17, 15) is 4.79 Å². The van der Waals surface area contributed by atoms with Crippen molar-refractivity contribution in [1.29, 1.82) is 0 Å². The summed E-state index contributed by atoms with van der Waals surface area (Å²) in [6.07, 6.45) is 1.85. The van der Waals surface area contributed by atoms with E-state index in [2.05, 4.69) is 43.4 Å². The van der Waals surface area contributed by atoms with Crippen LogP contribution in [0.2, 0.25) is 0 Å². The lowest BCUT2D eigenvalue weighted by molar-refractivity contribution is 0.0953. The Hall–Kier alpha value is -2.59. The molecule has 0 aliphatic heterocycles. The third-order valence-electron chi connectivity index (χ3n) is 4.50. The van der Waals surface area contributed by atoms with Crippen LogP contribution in [0.4, 0.5) is 5.00 Å². The number of carbonyl (C=O) groups excluding carboxylic acids is 1. The summed E-state index contributed by atoms with van der Waals surface area (Å²) in [4.78, 5) is 14.1. The van der Waals surface area contributed by atoms with Crippen LogP contribution >= 0.6 is 11.3 Å². The lowest BCUT2D eigenvalue weighted by Crippen LogP contribution is -2.23. The first-order valence-electron chi connectivity index (χ1n) is 8.96. The number of carbonyl (C=O) groups is 1. The summed E-state index contributed by atoms with van der Waals surface area (Å²) in [6.45, 7) is 4.73. The molecule has 3 aromatic rings. The highest BCUT2D eigenvalue weighted by atomic mass is 32.1. The molecule has 3 nitrogen and oxygen atoms in total. The van der Waals surface area contributed by atoms with Crippen LogP contribution in [-0.4, -0.2) is 5.91 Å². The molecule has 0 fully saturated rings. The van der Waals surface area contributed by atoms with Crippen molar-refractivity contribution >= 4 is 22.2 Å². The van der Waals surface area contributed by atoms with Crippen molar-refractivity contribution in [2.75, 3.05) is 5.73 Å². The first kappa shape index (κ1) is 18.2. The summed E-state index contributed by atoms with van der Waals surface area (Å²) in [7, 11) is 0. The number of benzene rings is 2. The Labute approximate surface area is 158 Å². The fourth-order valence-corrected chi connectivity index (χ4v) is 4.08. The lowest BCUT2D eigenvalue weighted by Gasteiger charge is -2.10. The van der Waals surface area contributed by atoms with Crippen molar-refractivity contribution in [1.82, 2.24) is 5.32 Å². The van der Waals surface area contributed by atoms with Gasteiger partial charge in [0.05, 0.1) is 10.6 Å². The molecule has 0 saturated heterocycles. The van der Waals surface area contributed by atoms with Crippen LogP contribution in [0, 0.1) is 0 Å². The Morgan fingerprint density at radius 3 is 2.27 bits per heavy atom. The Balaban J connectivity index is 1.92. The van der Waals surface area contributed by atoms with Crippen molar-refractivity contribution < 1.29 is 4.79 Å². The molecule has 1 amide bonds. The molecule has 0 spiro atoms. The average molecular weight is 365 g/mol. The monoisotopic (exact) mass is 364 g/mol. The summed E-state index contributed by atoms with van der Waals surface area (Å²) >= 11 is 1.51. The van der Waals surface area contributed by atoms with Gasteiger partial charge in [0.2, 0.25) is 0 Å². The summed E-state index contributed by atoms with van der Waals surface area (Å²) in [5.74, 6) is -0.114. The standard InChI is InChI=1S/C22H24N2OS/c1-3-15-10-12-17(13-11-15)19-18(4-2)26-21(23)20(19)22(25)24-14-16-8-6-5-7-9-16/h5-13H,3-4,14,23H2,1-2H3,(H,24,25). The van der Waals surface area contributed by atoms with E-state index in [0.29, 0.717) is 17.1 Å². The molecule has 0 atom stereocenters. The fourth-order valence-electron chi connectivity index (χ4n) is 3.05. The zero-order valence-electron chi connectivity index (χ0n) is 15.2. The number of nitrogens with two attached hydrogens (primary N) is 1. The first-order valence-corrected chi connectivity index (χ1v) is 9.78. The predicted molar refractivity (Wildman–Crippen MR) is 111 cm³/mol. The number of aryl methyl sites for hydroxylation is 2. The molecule has 134 valence electrons. The van der Waals surface area contributed by atoms with Gasteiger partial charge in [-0.2, -0.15) is 0 Å². The molecule has 4 heteroatoms. The molecular formula is C22H24N2OS. The molecule has 0 bridgehead atoms. The van der Waals surface area contributed by atoms with Crippen molar-refractivity contribution in [3.05, 3.63) is 76.2 Å². The third kappa shape index (κ3) is 3.81. The summed E-state index contributed by atoms with van der Waals surface area (Å²) in [5.41, 5.74) is 11.2. The smallest absolute Gasteiger partial charge is 0.255 e. The third-order valence-corrected chi connectivity index (χ3v) is 5.67. The Kier molecular flexibility index (Phi) is 5.74. The number of thiophene rings is 1. The number of hydrogen-bond donors (Lipinski definition) is 2.